The van der Waals surface area contributed by atoms with Crippen molar-refractivity contribution in [3.63, 3.8) is 0 Å². The Labute approximate surface area is 172 Å². The molecule has 96 valence electrons. The first-order valence-electron chi connectivity index (χ1n) is 2.32. The molecule has 0 saturated heterocycles. The predicted molar refractivity (Wildman–Crippen MR) is 4.12 cm³/mol. The van der Waals surface area contributed by atoms with Crippen LogP contribution in [0.4, 0.5) is 0 Å². The molecule has 0 saturated carbocycles. The molecule has 19 heteroatoms. The van der Waals surface area contributed by atoms with E-state index in [1.807, 2.05) is 0 Å². The second kappa shape index (κ2) is 37.5. The summed E-state index contributed by atoms with van der Waals surface area (Å²) in [5.41, 5.74) is 0. The maximum atomic E-state index is 8.60. The maximum absolute atomic E-state index is 8.60. The standard InChI is InChI=1S/2Nb.12O.2Ti.3Zn/q;;;;;;;;6*-1;;;3*+2. The summed E-state index contributed by atoms with van der Waals surface area (Å²) in [5.74, 6) is 0. The SMILES string of the molecule is [O]=[Nb](=[O])[O-].[O]=[Nb](=[O])[O-].[O]=[Ti]([O-])[O-].[O]=[Ti]([O-])[O-].[Zn+2].[Zn+2].[Zn+2]. The van der Waals surface area contributed by atoms with Gasteiger partial charge in [0.05, 0.1) is 0 Å². The fraction of sp³-hybridized carbons (Fsp3) is 0. The first-order chi connectivity index (χ1) is 6.93. The molecule has 0 unspecified atom stereocenters. The maximum Gasteiger partial charge on any atom is 2.00 e. The van der Waals surface area contributed by atoms with Crippen LogP contribution in [0.5, 0.6) is 0 Å². The minimum absolute atomic E-state index is 0. The van der Waals surface area contributed by atoms with Crippen LogP contribution in [0.25, 0.3) is 0 Å². The van der Waals surface area contributed by atoms with E-state index in [0.29, 0.717) is 0 Å². The molecule has 0 heterocycles. The van der Waals surface area contributed by atoms with Crippen LogP contribution in [0.2, 0.25) is 0 Å². The third-order valence-corrected chi connectivity index (χ3v) is 0. The van der Waals surface area contributed by atoms with Crippen LogP contribution < -0.4 is 22.0 Å². The van der Waals surface area contributed by atoms with Crippen molar-refractivity contribution < 1.29 is 175 Å². The van der Waals surface area contributed by atoms with Gasteiger partial charge in [-0.3, -0.25) is 0 Å². The minimum atomic E-state index is -4.20. The monoisotopic (exact) mass is 665 g/mol. The normalized spacial score (nSPS) is 5.37. The topological polar surface area (TPSA) is 241 Å². The van der Waals surface area contributed by atoms with Gasteiger partial charge >= 0.3 is 175 Å². The smallest absolute Gasteiger partial charge is 2.00 e. The van der Waals surface area contributed by atoms with E-state index < -0.39 is 74.8 Å². The zero-order valence-electron chi connectivity index (χ0n) is 8.91. The van der Waals surface area contributed by atoms with Crippen LogP contribution >= 0.6 is 0 Å². The molecule has 0 aliphatic rings. The van der Waals surface area contributed by atoms with Crippen molar-refractivity contribution in [3.05, 3.63) is 0 Å². The van der Waals surface area contributed by atoms with Crippen molar-refractivity contribution in [1.82, 2.24) is 0 Å². The molecule has 0 radical (unpaired) electrons. The summed E-state index contributed by atoms with van der Waals surface area (Å²) in [6, 6.07) is 0. The summed E-state index contributed by atoms with van der Waals surface area (Å²) in [6.07, 6.45) is 0. The Morgan fingerprint density at radius 2 is 0.579 bits per heavy atom. The van der Waals surface area contributed by atoms with Gasteiger partial charge in [0.15, 0.2) is 0 Å². The fourth-order valence-electron chi connectivity index (χ4n) is 0. The molecule has 0 aromatic carbocycles. The molecule has 0 aromatic heterocycles. The van der Waals surface area contributed by atoms with Gasteiger partial charge in [0, 0.05) is 0 Å². The molecule has 0 aliphatic carbocycles. The Kier molecular flexibility index (Phi) is 85.4. The third-order valence-electron chi connectivity index (χ3n) is 0. The third kappa shape index (κ3) is 716. The van der Waals surface area contributed by atoms with Gasteiger partial charge in [-0.05, 0) is 0 Å². The van der Waals surface area contributed by atoms with Crippen molar-refractivity contribution in [2.24, 2.45) is 0 Å². The van der Waals surface area contributed by atoms with E-state index in [1.54, 1.807) is 0 Å². The molecule has 0 spiro atoms. The van der Waals surface area contributed by atoms with Crippen molar-refractivity contribution in [3.8, 4) is 0 Å². The van der Waals surface area contributed by atoms with Crippen LogP contribution in [0.15, 0.2) is 0 Å². The summed E-state index contributed by atoms with van der Waals surface area (Å²) in [6.45, 7) is 0. The molecule has 0 rings (SSSR count). The van der Waals surface area contributed by atoms with Gasteiger partial charge in [-0.25, -0.2) is 0 Å². The molecule has 0 fully saturated rings. The van der Waals surface area contributed by atoms with E-state index >= 15 is 0 Å². The zero-order chi connectivity index (χ0) is 14.3. The van der Waals surface area contributed by atoms with Gasteiger partial charge in [0.25, 0.3) is 0 Å². The van der Waals surface area contributed by atoms with Crippen molar-refractivity contribution in [2.75, 3.05) is 0 Å². The van der Waals surface area contributed by atoms with Gasteiger partial charge in [-0.1, -0.05) is 0 Å². The molecule has 12 nitrogen and oxygen atoms in total. The molecular formula is Nb2O12Ti2Zn3. The van der Waals surface area contributed by atoms with Crippen LogP contribution in [0.1, 0.15) is 0 Å². The molecular weight excluding hydrogens is 670 g/mol. The van der Waals surface area contributed by atoms with E-state index in [0.717, 1.165) is 0 Å². The van der Waals surface area contributed by atoms with Crippen molar-refractivity contribution in [2.45, 2.75) is 0 Å². The predicted octanol–water partition coefficient (Wildman–Crippen LogP) is -7.86. The van der Waals surface area contributed by atoms with E-state index in [9.17, 15) is 0 Å². The summed E-state index contributed by atoms with van der Waals surface area (Å²) >= 11 is -16.6. The Hall–Kier alpha value is 3.34. The number of hydrogen-bond donors (Lipinski definition) is 0. The van der Waals surface area contributed by atoms with Gasteiger partial charge in [-0.15, -0.1) is 0 Å². The number of rotatable bonds is 0. The van der Waals surface area contributed by atoms with E-state index in [4.69, 9.17) is 41.6 Å². The van der Waals surface area contributed by atoms with Crippen LogP contribution in [-0.4, -0.2) is 0 Å². The first-order valence-corrected chi connectivity index (χ1v) is 11.5. The Balaban J connectivity index is -0.0000000192. The molecule has 19 heavy (non-hydrogen) atoms. The second-order valence-corrected chi connectivity index (χ2v) is 4.71. The largest absolute Gasteiger partial charge is 2.00 e. The average molecular weight is 670 g/mol. The molecule has 0 bridgehead atoms. The Morgan fingerprint density at radius 1 is 0.579 bits per heavy atom. The Bertz CT molecular complexity index is 265. The summed E-state index contributed by atoms with van der Waals surface area (Å²) in [7, 11) is 0. The van der Waals surface area contributed by atoms with Crippen molar-refractivity contribution >= 4 is 0 Å². The van der Waals surface area contributed by atoms with E-state index in [-0.39, 0.29) is 58.4 Å². The quantitative estimate of drug-likeness (QED) is 0.219. The molecule has 0 N–H and O–H groups in total. The summed E-state index contributed by atoms with van der Waals surface area (Å²) in [5, 5.41) is 0. The van der Waals surface area contributed by atoms with Gasteiger partial charge in [0.2, 0.25) is 0 Å². The van der Waals surface area contributed by atoms with Crippen LogP contribution in [0.3, 0.4) is 0 Å². The van der Waals surface area contributed by atoms with Gasteiger partial charge < -0.3 is 0 Å². The first kappa shape index (κ1) is 43.2. The summed E-state index contributed by atoms with van der Waals surface area (Å²) < 4.78 is 103. The molecule has 0 aliphatic heterocycles. The summed E-state index contributed by atoms with van der Waals surface area (Å²) in [4.78, 5) is 0. The van der Waals surface area contributed by atoms with E-state index in [1.165, 1.54) is 0 Å². The van der Waals surface area contributed by atoms with Crippen LogP contribution in [0, 0.1) is 0 Å². The fourth-order valence-corrected chi connectivity index (χ4v) is 0. The molecule has 0 atom stereocenters. The van der Waals surface area contributed by atoms with Gasteiger partial charge in [0.1, 0.15) is 0 Å². The average Bonchev–Trinajstić information content (AvgIpc) is 1.76. The van der Waals surface area contributed by atoms with Crippen LogP contribution in [-0.2, 0) is 153 Å². The minimum Gasteiger partial charge on any atom is 2.00 e. The Morgan fingerprint density at radius 3 is 0.579 bits per heavy atom. The van der Waals surface area contributed by atoms with Gasteiger partial charge in [-0.2, -0.15) is 0 Å². The van der Waals surface area contributed by atoms with Crippen molar-refractivity contribution in [1.29, 1.82) is 0 Å². The second-order valence-electron chi connectivity index (χ2n) is 0.947. The zero-order valence-corrected chi connectivity index (χ0v) is 25.3. The van der Waals surface area contributed by atoms with E-state index in [2.05, 4.69) is 0 Å². The molecule has 0 aromatic rings. The number of hydrogen-bond acceptors (Lipinski definition) is 12. The molecule has 0 amide bonds.